The third-order valence-corrected chi connectivity index (χ3v) is 4.06. The minimum Gasteiger partial charge on any atom is -0.385 e. The van der Waals surface area contributed by atoms with Gasteiger partial charge >= 0.3 is 0 Å². The molecule has 0 aromatic heterocycles. The predicted octanol–water partition coefficient (Wildman–Crippen LogP) is 4.13. The first-order valence-electron chi connectivity index (χ1n) is 7.10. The summed E-state index contributed by atoms with van der Waals surface area (Å²) in [6, 6.07) is 15.4. The molecule has 1 aliphatic heterocycles. The highest BCUT2D eigenvalue weighted by Gasteiger charge is 2.20. The van der Waals surface area contributed by atoms with Gasteiger partial charge in [-0.25, -0.2) is 0 Å². The summed E-state index contributed by atoms with van der Waals surface area (Å²) in [7, 11) is 0. The van der Waals surface area contributed by atoms with Crippen LogP contribution in [0.5, 0.6) is 0 Å². The molecule has 2 aromatic rings. The van der Waals surface area contributed by atoms with Crippen LogP contribution in [0.4, 0.5) is 5.69 Å². The highest BCUT2D eigenvalue weighted by atomic mass is 14.9. The molecule has 19 heavy (non-hydrogen) atoms. The maximum absolute atomic E-state index is 3.61. The predicted molar refractivity (Wildman–Crippen MR) is 81.7 cm³/mol. The summed E-state index contributed by atoms with van der Waals surface area (Å²) in [5.74, 6) is 0.705. The van der Waals surface area contributed by atoms with Gasteiger partial charge in [0.25, 0.3) is 0 Å². The van der Waals surface area contributed by atoms with Crippen molar-refractivity contribution >= 4 is 5.69 Å². The first kappa shape index (κ1) is 12.3. The Morgan fingerprint density at radius 1 is 1.11 bits per heavy atom. The van der Waals surface area contributed by atoms with E-state index >= 15 is 0 Å². The van der Waals surface area contributed by atoms with E-state index in [1.807, 2.05) is 0 Å². The number of hydrogen-bond acceptors (Lipinski definition) is 1. The van der Waals surface area contributed by atoms with Crippen molar-refractivity contribution in [2.24, 2.45) is 5.92 Å². The summed E-state index contributed by atoms with van der Waals surface area (Å²) in [5, 5.41) is 3.61. The summed E-state index contributed by atoms with van der Waals surface area (Å²) in [6.45, 7) is 5.49. The Morgan fingerprint density at radius 2 is 1.89 bits per heavy atom. The van der Waals surface area contributed by atoms with Crippen LogP contribution in [0.15, 0.2) is 42.5 Å². The standard InChI is InChI=1S/C18H21N/c1-13-8-14(2)17-11-16(12-19-18(17)9-13)10-15-6-4-3-5-7-15/h3-9,16,19H,10-12H2,1-2H3. The summed E-state index contributed by atoms with van der Waals surface area (Å²) >= 11 is 0. The first-order valence-corrected chi connectivity index (χ1v) is 7.10. The normalized spacial score (nSPS) is 17.7. The minimum atomic E-state index is 0.705. The zero-order chi connectivity index (χ0) is 13.2. The van der Waals surface area contributed by atoms with Gasteiger partial charge in [-0.2, -0.15) is 0 Å². The molecule has 0 spiro atoms. The molecule has 1 N–H and O–H groups in total. The second-order valence-corrected chi connectivity index (χ2v) is 5.75. The van der Waals surface area contributed by atoms with E-state index in [0.29, 0.717) is 5.92 Å². The molecule has 1 nitrogen and oxygen atoms in total. The fraction of sp³-hybridized carbons (Fsp3) is 0.333. The molecule has 0 amide bonds. The van der Waals surface area contributed by atoms with Crippen molar-refractivity contribution in [3.63, 3.8) is 0 Å². The Balaban J connectivity index is 1.79. The van der Waals surface area contributed by atoms with Crippen LogP contribution in [-0.4, -0.2) is 6.54 Å². The van der Waals surface area contributed by atoms with Crippen molar-refractivity contribution in [3.05, 3.63) is 64.7 Å². The van der Waals surface area contributed by atoms with Gasteiger partial charge in [0, 0.05) is 12.2 Å². The van der Waals surface area contributed by atoms with E-state index in [1.165, 1.54) is 40.8 Å². The first-order chi connectivity index (χ1) is 9.22. The van der Waals surface area contributed by atoms with Gasteiger partial charge in [-0.1, -0.05) is 36.4 Å². The van der Waals surface area contributed by atoms with Crippen LogP contribution in [-0.2, 0) is 12.8 Å². The molecule has 0 aliphatic carbocycles. The third-order valence-electron chi connectivity index (χ3n) is 4.06. The van der Waals surface area contributed by atoms with Crippen molar-refractivity contribution in [3.8, 4) is 0 Å². The number of nitrogens with one attached hydrogen (secondary N) is 1. The smallest absolute Gasteiger partial charge is 0.0378 e. The van der Waals surface area contributed by atoms with Crippen LogP contribution in [0, 0.1) is 19.8 Å². The third kappa shape index (κ3) is 2.65. The van der Waals surface area contributed by atoms with Gasteiger partial charge in [-0.05, 0) is 60.9 Å². The molecule has 0 bridgehead atoms. The van der Waals surface area contributed by atoms with Gasteiger partial charge in [0.1, 0.15) is 0 Å². The van der Waals surface area contributed by atoms with E-state index in [2.05, 4.69) is 61.6 Å². The molecule has 1 heterocycles. The second-order valence-electron chi connectivity index (χ2n) is 5.75. The number of anilines is 1. The van der Waals surface area contributed by atoms with E-state index < -0.39 is 0 Å². The Hall–Kier alpha value is -1.76. The largest absolute Gasteiger partial charge is 0.385 e. The van der Waals surface area contributed by atoms with Crippen LogP contribution in [0.2, 0.25) is 0 Å². The van der Waals surface area contributed by atoms with Gasteiger partial charge in [0.15, 0.2) is 0 Å². The molecule has 0 fully saturated rings. The summed E-state index contributed by atoms with van der Waals surface area (Å²) in [4.78, 5) is 0. The number of hydrogen-bond donors (Lipinski definition) is 1. The monoisotopic (exact) mass is 251 g/mol. The lowest BCUT2D eigenvalue weighted by Crippen LogP contribution is -2.25. The van der Waals surface area contributed by atoms with Gasteiger partial charge in [-0.15, -0.1) is 0 Å². The molecular formula is C18H21N. The molecule has 1 atom stereocenters. The van der Waals surface area contributed by atoms with E-state index in [4.69, 9.17) is 0 Å². The second kappa shape index (κ2) is 5.08. The van der Waals surface area contributed by atoms with Gasteiger partial charge in [0.2, 0.25) is 0 Å². The maximum Gasteiger partial charge on any atom is 0.0378 e. The van der Waals surface area contributed by atoms with Gasteiger partial charge in [0.05, 0.1) is 0 Å². The lowest BCUT2D eigenvalue weighted by atomic mass is 9.86. The number of benzene rings is 2. The van der Waals surface area contributed by atoms with Crippen LogP contribution >= 0.6 is 0 Å². The summed E-state index contributed by atoms with van der Waals surface area (Å²) < 4.78 is 0. The minimum absolute atomic E-state index is 0.705. The fourth-order valence-electron chi connectivity index (χ4n) is 3.13. The molecule has 3 rings (SSSR count). The van der Waals surface area contributed by atoms with Crippen molar-refractivity contribution in [1.29, 1.82) is 0 Å². The average Bonchev–Trinajstić information content (AvgIpc) is 2.40. The van der Waals surface area contributed by atoms with E-state index in [0.717, 1.165) is 6.54 Å². The van der Waals surface area contributed by atoms with E-state index in [9.17, 15) is 0 Å². The molecule has 0 saturated heterocycles. The average molecular weight is 251 g/mol. The molecule has 1 aliphatic rings. The number of rotatable bonds is 2. The van der Waals surface area contributed by atoms with Gasteiger partial charge < -0.3 is 5.32 Å². The summed E-state index contributed by atoms with van der Waals surface area (Å²) in [5.41, 5.74) is 7.09. The maximum atomic E-state index is 3.61. The Kier molecular flexibility index (Phi) is 3.29. The van der Waals surface area contributed by atoms with Crippen molar-refractivity contribution in [1.82, 2.24) is 0 Å². The molecule has 0 saturated carbocycles. The Bertz CT molecular complexity index is 572. The lowest BCUT2D eigenvalue weighted by Gasteiger charge is -2.28. The van der Waals surface area contributed by atoms with Crippen LogP contribution in [0.1, 0.15) is 22.3 Å². The van der Waals surface area contributed by atoms with E-state index in [-0.39, 0.29) is 0 Å². The SMILES string of the molecule is Cc1cc(C)c2c(c1)NCC(Cc1ccccc1)C2. The zero-order valence-corrected chi connectivity index (χ0v) is 11.7. The van der Waals surface area contributed by atoms with Crippen LogP contribution in [0.25, 0.3) is 0 Å². The molecule has 98 valence electrons. The highest BCUT2D eigenvalue weighted by Crippen LogP contribution is 2.30. The fourth-order valence-corrected chi connectivity index (χ4v) is 3.13. The van der Waals surface area contributed by atoms with Crippen LogP contribution < -0.4 is 5.32 Å². The molecule has 0 radical (unpaired) electrons. The molecule has 1 unspecified atom stereocenters. The summed E-state index contributed by atoms with van der Waals surface area (Å²) in [6.07, 6.45) is 2.37. The number of fused-ring (bicyclic) bond motifs is 1. The quantitative estimate of drug-likeness (QED) is 0.846. The molecule has 1 heteroatoms. The Morgan fingerprint density at radius 3 is 2.68 bits per heavy atom. The topological polar surface area (TPSA) is 12.0 Å². The molecule has 2 aromatic carbocycles. The van der Waals surface area contributed by atoms with Crippen molar-refractivity contribution < 1.29 is 0 Å². The van der Waals surface area contributed by atoms with Gasteiger partial charge in [-0.3, -0.25) is 0 Å². The molecular weight excluding hydrogens is 230 g/mol. The van der Waals surface area contributed by atoms with Crippen molar-refractivity contribution in [2.75, 3.05) is 11.9 Å². The highest BCUT2D eigenvalue weighted by molar-refractivity contribution is 5.58. The Labute approximate surface area is 115 Å². The number of aryl methyl sites for hydroxylation is 2. The van der Waals surface area contributed by atoms with Crippen molar-refractivity contribution in [2.45, 2.75) is 26.7 Å². The zero-order valence-electron chi connectivity index (χ0n) is 11.7. The van der Waals surface area contributed by atoms with E-state index in [1.54, 1.807) is 0 Å². The van der Waals surface area contributed by atoms with Crippen LogP contribution in [0.3, 0.4) is 0 Å². The lowest BCUT2D eigenvalue weighted by molar-refractivity contribution is 0.533.